The molecule has 3 nitrogen and oxygen atoms in total. The second-order valence-corrected chi connectivity index (χ2v) is 3.34. The van der Waals surface area contributed by atoms with Crippen molar-refractivity contribution in [3.05, 3.63) is 35.9 Å². The first-order valence-corrected chi connectivity index (χ1v) is 4.80. The lowest BCUT2D eigenvalue weighted by Gasteiger charge is -2.14. The summed E-state index contributed by atoms with van der Waals surface area (Å²) in [6.07, 6.45) is -0.311. The van der Waals surface area contributed by atoms with Gasteiger partial charge in [0, 0.05) is 0 Å². The molecule has 0 amide bonds. The summed E-state index contributed by atoms with van der Waals surface area (Å²) in [5, 5.41) is 8.54. The average Bonchev–Trinajstić information content (AvgIpc) is 2.29. The Balaban J connectivity index is 2.61. The van der Waals surface area contributed by atoms with Gasteiger partial charge in [-0.3, -0.25) is 4.79 Å². The second kappa shape index (κ2) is 5.16. The fraction of sp³-hybridized carbons (Fsp3) is 0.333. The lowest BCUT2D eigenvalue weighted by atomic mass is 10.1. The highest BCUT2D eigenvalue weighted by Crippen LogP contribution is 2.17. The van der Waals surface area contributed by atoms with Gasteiger partial charge < -0.3 is 4.74 Å². The van der Waals surface area contributed by atoms with Gasteiger partial charge in [0.05, 0.1) is 6.07 Å². The molecule has 1 aromatic rings. The first-order chi connectivity index (χ1) is 7.15. The number of carbonyl (C=O) groups is 1. The van der Waals surface area contributed by atoms with Gasteiger partial charge in [-0.25, -0.2) is 0 Å². The van der Waals surface area contributed by atoms with Crippen molar-refractivity contribution in [2.75, 3.05) is 0 Å². The van der Waals surface area contributed by atoms with E-state index in [-0.39, 0.29) is 6.10 Å². The van der Waals surface area contributed by atoms with Crippen molar-refractivity contribution in [2.24, 2.45) is 5.92 Å². The van der Waals surface area contributed by atoms with Gasteiger partial charge in [-0.1, -0.05) is 30.3 Å². The van der Waals surface area contributed by atoms with Crippen molar-refractivity contribution in [3.8, 4) is 6.07 Å². The topological polar surface area (TPSA) is 50.1 Å². The maximum atomic E-state index is 11.3. The molecule has 0 aliphatic heterocycles. The molecule has 3 heteroatoms. The SMILES string of the molecule is CC(C#N)C(=O)O[C@H](C)c1ccccc1. The van der Waals surface area contributed by atoms with Gasteiger partial charge in [-0.2, -0.15) is 5.26 Å². The molecule has 78 valence electrons. The van der Waals surface area contributed by atoms with Crippen molar-refractivity contribution in [1.82, 2.24) is 0 Å². The minimum absolute atomic E-state index is 0.311. The van der Waals surface area contributed by atoms with E-state index in [4.69, 9.17) is 10.00 Å². The zero-order chi connectivity index (χ0) is 11.3. The molecule has 0 aromatic heterocycles. The number of esters is 1. The highest BCUT2D eigenvalue weighted by Gasteiger charge is 2.17. The number of hydrogen-bond acceptors (Lipinski definition) is 3. The van der Waals surface area contributed by atoms with E-state index in [1.807, 2.05) is 36.4 Å². The molecule has 0 saturated heterocycles. The third kappa shape index (κ3) is 3.10. The van der Waals surface area contributed by atoms with Crippen LogP contribution in [0.2, 0.25) is 0 Å². The Kier molecular flexibility index (Phi) is 3.87. The molecule has 0 radical (unpaired) electrons. The summed E-state index contributed by atoms with van der Waals surface area (Å²) in [6.45, 7) is 3.32. The number of rotatable bonds is 3. The van der Waals surface area contributed by atoms with E-state index in [0.717, 1.165) is 5.56 Å². The van der Waals surface area contributed by atoms with E-state index in [1.54, 1.807) is 6.92 Å². The van der Waals surface area contributed by atoms with E-state index in [0.29, 0.717) is 0 Å². The Hall–Kier alpha value is -1.82. The molecule has 0 aliphatic carbocycles. The highest BCUT2D eigenvalue weighted by atomic mass is 16.5. The average molecular weight is 203 g/mol. The third-order valence-corrected chi connectivity index (χ3v) is 2.11. The number of ether oxygens (including phenoxy) is 1. The van der Waals surface area contributed by atoms with Crippen LogP contribution in [-0.2, 0) is 9.53 Å². The molecule has 0 fully saturated rings. The van der Waals surface area contributed by atoms with Crippen LogP contribution in [0, 0.1) is 17.2 Å². The van der Waals surface area contributed by atoms with Crippen LogP contribution >= 0.6 is 0 Å². The summed E-state index contributed by atoms with van der Waals surface area (Å²) in [6, 6.07) is 11.3. The van der Waals surface area contributed by atoms with Crippen LogP contribution < -0.4 is 0 Å². The first kappa shape index (κ1) is 11.3. The van der Waals surface area contributed by atoms with Crippen LogP contribution in [0.15, 0.2) is 30.3 Å². The van der Waals surface area contributed by atoms with Crippen molar-refractivity contribution >= 4 is 5.97 Å². The monoisotopic (exact) mass is 203 g/mol. The van der Waals surface area contributed by atoms with Crippen molar-refractivity contribution < 1.29 is 9.53 Å². The van der Waals surface area contributed by atoms with Crippen molar-refractivity contribution in [2.45, 2.75) is 20.0 Å². The largest absolute Gasteiger partial charge is 0.457 e. The number of carbonyl (C=O) groups excluding carboxylic acids is 1. The van der Waals surface area contributed by atoms with Crippen molar-refractivity contribution in [3.63, 3.8) is 0 Å². The Labute approximate surface area is 89.3 Å². The standard InChI is InChI=1S/C12H13NO2/c1-9(8-13)12(14)15-10(2)11-6-4-3-5-7-11/h3-7,9-10H,1-2H3/t9?,10-/m1/s1. The minimum atomic E-state index is -0.712. The van der Waals surface area contributed by atoms with E-state index < -0.39 is 11.9 Å². The molecule has 0 saturated carbocycles. The van der Waals surface area contributed by atoms with Gasteiger partial charge in [-0.15, -0.1) is 0 Å². The zero-order valence-corrected chi connectivity index (χ0v) is 8.81. The van der Waals surface area contributed by atoms with Crippen molar-refractivity contribution in [1.29, 1.82) is 5.26 Å². The van der Waals surface area contributed by atoms with Crippen LogP contribution in [0.3, 0.4) is 0 Å². The van der Waals surface area contributed by atoms with E-state index in [9.17, 15) is 4.79 Å². The van der Waals surface area contributed by atoms with Crippen LogP contribution in [0.4, 0.5) is 0 Å². The van der Waals surface area contributed by atoms with Gasteiger partial charge in [-0.05, 0) is 19.4 Å². The predicted molar refractivity (Wildman–Crippen MR) is 55.7 cm³/mol. The lowest BCUT2D eigenvalue weighted by molar-refractivity contribution is -0.151. The van der Waals surface area contributed by atoms with Gasteiger partial charge >= 0.3 is 5.97 Å². The summed E-state index contributed by atoms with van der Waals surface area (Å²) in [4.78, 5) is 11.3. The molecule has 0 heterocycles. The number of benzene rings is 1. The Morgan fingerprint density at radius 1 is 1.33 bits per heavy atom. The quantitative estimate of drug-likeness (QED) is 0.709. The Morgan fingerprint density at radius 3 is 2.47 bits per heavy atom. The molecule has 1 aromatic carbocycles. The minimum Gasteiger partial charge on any atom is -0.457 e. The fourth-order valence-electron chi connectivity index (χ4n) is 1.12. The normalized spacial score (nSPS) is 13.7. The predicted octanol–water partition coefficient (Wildman–Crippen LogP) is 2.45. The van der Waals surface area contributed by atoms with Crippen LogP contribution in [0.1, 0.15) is 25.5 Å². The fourth-order valence-corrected chi connectivity index (χ4v) is 1.12. The smallest absolute Gasteiger partial charge is 0.323 e. The summed E-state index contributed by atoms with van der Waals surface area (Å²) >= 11 is 0. The third-order valence-electron chi connectivity index (χ3n) is 2.11. The molecule has 1 unspecified atom stereocenters. The lowest BCUT2D eigenvalue weighted by Crippen LogP contribution is -2.15. The molecule has 0 spiro atoms. The van der Waals surface area contributed by atoms with Crippen LogP contribution in [0.5, 0.6) is 0 Å². The van der Waals surface area contributed by atoms with E-state index >= 15 is 0 Å². The highest BCUT2D eigenvalue weighted by molar-refractivity contribution is 5.74. The van der Waals surface area contributed by atoms with Gasteiger partial charge in [0.2, 0.25) is 0 Å². The van der Waals surface area contributed by atoms with E-state index in [1.165, 1.54) is 6.92 Å². The van der Waals surface area contributed by atoms with Gasteiger partial charge in [0.1, 0.15) is 12.0 Å². The first-order valence-electron chi connectivity index (χ1n) is 4.80. The summed E-state index contributed by atoms with van der Waals surface area (Å²) in [7, 11) is 0. The second-order valence-electron chi connectivity index (χ2n) is 3.34. The molecular formula is C12H13NO2. The molecule has 2 atom stereocenters. The summed E-state index contributed by atoms with van der Waals surface area (Å²) < 4.78 is 5.13. The molecule has 1 rings (SSSR count). The van der Waals surface area contributed by atoms with Crippen LogP contribution in [0.25, 0.3) is 0 Å². The molecular weight excluding hydrogens is 190 g/mol. The maximum absolute atomic E-state index is 11.3. The van der Waals surface area contributed by atoms with Gasteiger partial charge in [0.25, 0.3) is 0 Å². The number of nitriles is 1. The Morgan fingerprint density at radius 2 is 1.93 bits per heavy atom. The molecule has 0 aliphatic rings. The summed E-state index contributed by atoms with van der Waals surface area (Å²) in [5.41, 5.74) is 0.927. The van der Waals surface area contributed by atoms with Gasteiger partial charge in [0.15, 0.2) is 0 Å². The van der Waals surface area contributed by atoms with E-state index in [2.05, 4.69) is 0 Å². The molecule has 15 heavy (non-hydrogen) atoms. The number of hydrogen-bond donors (Lipinski definition) is 0. The molecule has 0 N–H and O–H groups in total. The zero-order valence-electron chi connectivity index (χ0n) is 8.81. The maximum Gasteiger partial charge on any atom is 0.323 e. The summed E-state index contributed by atoms with van der Waals surface area (Å²) in [5.74, 6) is -1.19. The molecule has 0 bridgehead atoms. The number of nitrogens with zero attached hydrogens (tertiary/aromatic N) is 1. The van der Waals surface area contributed by atoms with Crippen LogP contribution in [-0.4, -0.2) is 5.97 Å². The Bertz CT molecular complexity index is 367.